The number of rotatable bonds is 7. The number of carbonyl (C=O) groups excluding carboxylic acids is 1. The molecule has 0 saturated heterocycles. The van der Waals surface area contributed by atoms with Crippen LogP contribution in [0.2, 0.25) is 0 Å². The Morgan fingerprint density at radius 1 is 1.19 bits per heavy atom. The Morgan fingerprint density at radius 2 is 1.91 bits per heavy atom. The molecule has 1 fully saturated rings. The number of ether oxygens (including phenoxy) is 2. The van der Waals surface area contributed by atoms with Crippen LogP contribution in [0.1, 0.15) is 63.6 Å². The Hall–Kier alpha value is -3.20. The predicted octanol–water partition coefficient (Wildman–Crippen LogP) is 5.79. The maximum atomic E-state index is 12.4. The molecule has 0 spiro atoms. The summed E-state index contributed by atoms with van der Waals surface area (Å²) in [5.74, 6) is 0.590. The lowest BCUT2D eigenvalue weighted by molar-refractivity contribution is 0.123. The van der Waals surface area contributed by atoms with Crippen molar-refractivity contribution >= 4 is 17.5 Å². The molecule has 2 atom stereocenters. The number of fused-ring (bicyclic) bond motifs is 1. The summed E-state index contributed by atoms with van der Waals surface area (Å²) < 4.78 is 11.1. The third-order valence-corrected chi connectivity index (χ3v) is 6.04. The van der Waals surface area contributed by atoms with Crippen molar-refractivity contribution in [1.82, 2.24) is 0 Å². The van der Waals surface area contributed by atoms with Gasteiger partial charge in [-0.1, -0.05) is 18.2 Å². The van der Waals surface area contributed by atoms with Crippen LogP contribution < -0.4 is 14.5 Å². The van der Waals surface area contributed by atoms with Crippen LogP contribution in [0.4, 0.5) is 16.2 Å². The second-order valence-electron chi connectivity index (χ2n) is 8.61. The minimum atomic E-state index is -0.346. The van der Waals surface area contributed by atoms with Crippen LogP contribution in [0.15, 0.2) is 42.5 Å². The Balaban J connectivity index is 1.66. The first-order valence-corrected chi connectivity index (χ1v) is 11.5. The maximum Gasteiger partial charge on any atom is 0.414 e. The van der Waals surface area contributed by atoms with Gasteiger partial charge >= 0.3 is 6.09 Å². The topological polar surface area (TPSA) is 65.8 Å². The third-order valence-electron chi connectivity index (χ3n) is 6.04. The van der Waals surface area contributed by atoms with Gasteiger partial charge in [0, 0.05) is 30.0 Å². The van der Waals surface area contributed by atoms with E-state index in [1.54, 1.807) is 4.90 Å². The van der Waals surface area contributed by atoms with E-state index in [0.717, 1.165) is 41.1 Å². The van der Waals surface area contributed by atoms with E-state index in [0.29, 0.717) is 19.2 Å². The van der Waals surface area contributed by atoms with E-state index >= 15 is 0 Å². The molecule has 2 unspecified atom stereocenters. The summed E-state index contributed by atoms with van der Waals surface area (Å²) in [7, 11) is 0. The molecule has 1 heterocycles. The molecule has 2 aromatic rings. The maximum absolute atomic E-state index is 12.4. The third kappa shape index (κ3) is 4.12. The summed E-state index contributed by atoms with van der Waals surface area (Å²) >= 11 is 0. The van der Waals surface area contributed by atoms with Crippen molar-refractivity contribution in [1.29, 1.82) is 5.26 Å². The highest BCUT2D eigenvalue weighted by Crippen LogP contribution is 2.54. The number of carbonyl (C=O) groups is 1. The number of nitriles is 1. The largest absolute Gasteiger partial charge is 0.494 e. The van der Waals surface area contributed by atoms with Crippen LogP contribution in [0, 0.1) is 11.3 Å². The first-order chi connectivity index (χ1) is 15.5. The molecule has 2 aliphatic rings. The van der Waals surface area contributed by atoms with Crippen LogP contribution in [-0.2, 0) is 4.74 Å². The van der Waals surface area contributed by atoms with Gasteiger partial charge in [-0.2, -0.15) is 5.26 Å². The Morgan fingerprint density at radius 3 is 2.47 bits per heavy atom. The van der Waals surface area contributed by atoms with Gasteiger partial charge in [-0.05, 0) is 69.9 Å². The fourth-order valence-electron chi connectivity index (χ4n) is 4.55. The zero-order valence-electron chi connectivity index (χ0n) is 19.2. The van der Waals surface area contributed by atoms with Crippen molar-refractivity contribution in [2.24, 2.45) is 0 Å². The molecule has 6 nitrogen and oxygen atoms in total. The van der Waals surface area contributed by atoms with Crippen LogP contribution in [0.5, 0.6) is 5.75 Å². The Bertz CT molecular complexity index is 1010. The van der Waals surface area contributed by atoms with Crippen LogP contribution in [0.3, 0.4) is 0 Å². The molecule has 0 aromatic heterocycles. The van der Waals surface area contributed by atoms with E-state index in [-0.39, 0.29) is 24.2 Å². The highest BCUT2D eigenvalue weighted by atomic mass is 16.6. The fourth-order valence-corrected chi connectivity index (χ4v) is 4.55. The van der Waals surface area contributed by atoms with Gasteiger partial charge in [-0.3, -0.25) is 4.90 Å². The summed E-state index contributed by atoms with van der Waals surface area (Å²) in [5.41, 5.74) is 4.04. The van der Waals surface area contributed by atoms with Crippen molar-refractivity contribution < 1.29 is 14.3 Å². The summed E-state index contributed by atoms with van der Waals surface area (Å²) in [6, 6.07) is 17.0. The second kappa shape index (κ2) is 9.12. The second-order valence-corrected chi connectivity index (χ2v) is 8.61. The van der Waals surface area contributed by atoms with Gasteiger partial charge in [0.25, 0.3) is 0 Å². The van der Waals surface area contributed by atoms with Crippen molar-refractivity contribution in [3.05, 3.63) is 53.6 Å². The molecular weight excluding hydrogens is 402 g/mol. The molecule has 2 aromatic carbocycles. The molecule has 0 radical (unpaired) electrons. The zero-order valence-corrected chi connectivity index (χ0v) is 19.2. The van der Waals surface area contributed by atoms with E-state index < -0.39 is 0 Å². The van der Waals surface area contributed by atoms with Crippen molar-refractivity contribution in [3.63, 3.8) is 0 Å². The fraction of sp³-hybridized carbons (Fsp3) is 0.462. The standard InChI is InChI=1S/C26H31N3O3/c1-5-28(26(30)32-17(3)4)19-9-7-18(8-10-19)25-23(16-27)22-14-13-21(31-6-2)15-24(22)29(25)20-11-12-20/h7-10,13-15,17,20,23,25H,5-6,11-12H2,1-4H3. The molecule has 6 heteroatoms. The van der Waals surface area contributed by atoms with Gasteiger partial charge < -0.3 is 14.4 Å². The van der Waals surface area contributed by atoms with E-state index in [4.69, 9.17) is 9.47 Å². The SMILES string of the molecule is CCOc1ccc2c(c1)N(C1CC1)C(c1ccc(N(CC)C(=O)OC(C)C)cc1)C2C#N. The van der Waals surface area contributed by atoms with Crippen molar-refractivity contribution in [2.45, 2.75) is 64.6 Å². The summed E-state index contributed by atoms with van der Waals surface area (Å²) in [6.07, 6.45) is 1.75. The zero-order chi connectivity index (χ0) is 22.8. The molecule has 0 bridgehead atoms. The van der Waals surface area contributed by atoms with Gasteiger partial charge in [0.15, 0.2) is 0 Å². The molecule has 0 N–H and O–H groups in total. The minimum Gasteiger partial charge on any atom is -0.494 e. The van der Waals surface area contributed by atoms with E-state index in [2.05, 4.69) is 17.0 Å². The lowest BCUT2D eigenvalue weighted by atomic mass is 9.91. The molecule has 168 valence electrons. The first kappa shape index (κ1) is 22.0. The van der Waals surface area contributed by atoms with Crippen molar-refractivity contribution in [2.75, 3.05) is 23.0 Å². The van der Waals surface area contributed by atoms with Crippen LogP contribution in [0.25, 0.3) is 0 Å². The molecule has 32 heavy (non-hydrogen) atoms. The lowest BCUT2D eigenvalue weighted by Crippen LogP contribution is -2.33. The molecule has 4 rings (SSSR count). The van der Waals surface area contributed by atoms with Gasteiger partial charge in [-0.15, -0.1) is 0 Å². The van der Waals surface area contributed by atoms with Crippen LogP contribution >= 0.6 is 0 Å². The van der Waals surface area contributed by atoms with E-state index in [9.17, 15) is 10.1 Å². The average Bonchev–Trinajstić information content (AvgIpc) is 3.55. The van der Waals surface area contributed by atoms with E-state index in [1.165, 1.54) is 0 Å². The smallest absolute Gasteiger partial charge is 0.414 e. The van der Waals surface area contributed by atoms with Crippen molar-refractivity contribution in [3.8, 4) is 11.8 Å². The highest BCUT2D eigenvalue weighted by Gasteiger charge is 2.46. The number of amides is 1. The van der Waals surface area contributed by atoms with Crippen LogP contribution in [-0.4, -0.2) is 31.4 Å². The monoisotopic (exact) mass is 433 g/mol. The van der Waals surface area contributed by atoms with Gasteiger partial charge in [-0.25, -0.2) is 4.79 Å². The average molecular weight is 434 g/mol. The predicted molar refractivity (Wildman–Crippen MR) is 125 cm³/mol. The number of hydrogen-bond acceptors (Lipinski definition) is 5. The number of benzene rings is 2. The normalized spacial score (nSPS) is 19.4. The van der Waals surface area contributed by atoms with Gasteiger partial charge in [0.2, 0.25) is 0 Å². The number of nitrogens with zero attached hydrogens (tertiary/aromatic N) is 3. The molecule has 1 aliphatic heterocycles. The van der Waals surface area contributed by atoms with Gasteiger partial charge in [0.1, 0.15) is 5.75 Å². The molecule has 1 saturated carbocycles. The lowest BCUT2D eigenvalue weighted by Gasteiger charge is -2.30. The molecule has 1 amide bonds. The highest BCUT2D eigenvalue weighted by molar-refractivity contribution is 5.87. The van der Waals surface area contributed by atoms with E-state index in [1.807, 2.05) is 64.1 Å². The molecule has 1 aliphatic carbocycles. The Labute approximate surface area is 190 Å². The quantitative estimate of drug-likeness (QED) is 0.553. The number of anilines is 2. The minimum absolute atomic E-state index is 0.0499. The summed E-state index contributed by atoms with van der Waals surface area (Å²) in [4.78, 5) is 16.5. The number of hydrogen-bond donors (Lipinski definition) is 0. The first-order valence-electron chi connectivity index (χ1n) is 11.5. The Kier molecular flexibility index (Phi) is 6.27. The molecular formula is C26H31N3O3. The summed E-state index contributed by atoms with van der Waals surface area (Å²) in [6.45, 7) is 8.73. The van der Waals surface area contributed by atoms with Gasteiger partial charge in [0.05, 0.1) is 30.7 Å². The summed E-state index contributed by atoms with van der Waals surface area (Å²) in [5, 5.41) is 10.1.